The highest BCUT2D eigenvalue weighted by Gasteiger charge is 2.08. The molecule has 0 bridgehead atoms. The maximum atomic E-state index is 10.3. The number of azo groups is 1. The van der Waals surface area contributed by atoms with Crippen molar-refractivity contribution in [3.8, 4) is 5.75 Å². The summed E-state index contributed by atoms with van der Waals surface area (Å²) in [6.45, 7) is 0. The zero-order valence-electron chi connectivity index (χ0n) is 20.7. The fourth-order valence-corrected chi connectivity index (χ4v) is 3.83. The molecule has 40 heavy (non-hydrogen) atoms. The van der Waals surface area contributed by atoms with Crippen LogP contribution < -0.4 is 16.1 Å². The SMILES string of the molecule is Oc1ccc(N=Nc2ccc(Cl)cc2Cl)cc1C=NNc1nc(Nc2ccccc2)nc(Nc2ccccc2)n1. The van der Waals surface area contributed by atoms with Gasteiger partial charge in [-0.3, -0.25) is 0 Å². The molecule has 4 aromatic carbocycles. The quantitative estimate of drug-likeness (QED) is 0.0797. The predicted molar refractivity (Wildman–Crippen MR) is 159 cm³/mol. The van der Waals surface area contributed by atoms with E-state index in [1.54, 1.807) is 30.3 Å². The van der Waals surface area contributed by atoms with Crippen LogP contribution in [0.1, 0.15) is 5.56 Å². The van der Waals surface area contributed by atoms with Crippen LogP contribution in [0.4, 0.5) is 40.6 Å². The molecular weight excluding hydrogens is 549 g/mol. The Labute approximate surface area is 239 Å². The Balaban J connectivity index is 1.35. The van der Waals surface area contributed by atoms with E-state index in [9.17, 15) is 5.11 Å². The smallest absolute Gasteiger partial charge is 0.250 e. The fourth-order valence-electron chi connectivity index (χ4n) is 3.38. The van der Waals surface area contributed by atoms with Crippen LogP contribution in [0.15, 0.2) is 112 Å². The van der Waals surface area contributed by atoms with Gasteiger partial charge in [-0.1, -0.05) is 59.6 Å². The van der Waals surface area contributed by atoms with Crippen LogP contribution in [0.3, 0.4) is 0 Å². The second-order valence-corrected chi connectivity index (χ2v) is 9.04. The lowest BCUT2D eigenvalue weighted by molar-refractivity contribution is 0.474. The number of halogens is 2. The minimum atomic E-state index is 0.00235. The summed E-state index contributed by atoms with van der Waals surface area (Å²) < 4.78 is 0. The molecule has 198 valence electrons. The van der Waals surface area contributed by atoms with E-state index in [-0.39, 0.29) is 11.7 Å². The Kier molecular flexibility index (Phi) is 8.40. The van der Waals surface area contributed by atoms with Gasteiger partial charge in [0.05, 0.1) is 16.9 Å². The third-order valence-corrected chi connectivity index (χ3v) is 5.80. The van der Waals surface area contributed by atoms with Gasteiger partial charge >= 0.3 is 0 Å². The lowest BCUT2D eigenvalue weighted by atomic mass is 10.2. The van der Waals surface area contributed by atoms with Gasteiger partial charge in [0.1, 0.15) is 11.4 Å². The average Bonchev–Trinajstić information content (AvgIpc) is 2.95. The first kappa shape index (κ1) is 26.5. The van der Waals surface area contributed by atoms with E-state index in [2.05, 4.69) is 46.3 Å². The van der Waals surface area contributed by atoms with Crippen LogP contribution >= 0.6 is 23.2 Å². The van der Waals surface area contributed by atoms with Gasteiger partial charge in [0, 0.05) is 22.0 Å². The zero-order chi connectivity index (χ0) is 27.7. The Morgan fingerprint density at radius 2 is 1.30 bits per heavy atom. The lowest BCUT2D eigenvalue weighted by Gasteiger charge is -2.10. The molecule has 1 aromatic heterocycles. The number of aromatic hydroxyl groups is 1. The number of phenolic OH excluding ortho intramolecular Hbond substituents is 1. The minimum absolute atomic E-state index is 0.00235. The van der Waals surface area contributed by atoms with E-state index in [4.69, 9.17) is 23.2 Å². The van der Waals surface area contributed by atoms with E-state index in [0.717, 1.165) is 11.4 Å². The molecule has 5 aromatic rings. The maximum Gasteiger partial charge on any atom is 0.250 e. The molecule has 0 saturated carbocycles. The van der Waals surface area contributed by atoms with E-state index in [0.29, 0.717) is 38.9 Å². The van der Waals surface area contributed by atoms with E-state index < -0.39 is 0 Å². The molecule has 0 aliphatic heterocycles. The normalized spacial score (nSPS) is 11.2. The van der Waals surface area contributed by atoms with Crippen molar-refractivity contribution >= 4 is 70.0 Å². The third kappa shape index (κ3) is 7.28. The number of rotatable bonds is 9. The molecule has 0 spiro atoms. The molecule has 0 unspecified atom stereocenters. The number of nitrogens with zero attached hydrogens (tertiary/aromatic N) is 6. The van der Waals surface area contributed by atoms with Crippen molar-refractivity contribution in [1.29, 1.82) is 0 Å². The molecule has 0 radical (unpaired) electrons. The van der Waals surface area contributed by atoms with Gasteiger partial charge < -0.3 is 15.7 Å². The van der Waals surface area contributed by atoms with Gasteiger partial charge in [-0.05, 0) is 60.7 Å². The van der Waals surface area contributed by atoms with Crippen molar-refractivity contribution in [1.82, 2.24) is 15.0 Å². The van der Waals surface area contributed by atoms with Crippen molar-refractivity contribution in [2.45, 2.75) is 0 Å². The van der Waals surface area contributed by atoms with Crippen LogP contribution in [-0.2, 0) is 0 Å². The molecule has 1 heterocycles. The second kappa shape index (κ2) is 12.7. The van der Waals surface area contributed by atoms with Crippen molar-refractivity contribution in [3.63, 3.8) is 0 Å². The van der Waals surface area contributed by atoms with Gasteiger partial charge in [0.15, 0.2) is 0 Å². The summed E-state index contributed by atoms with van der Waals surface area (Å²) in [6, 6.07) is 28.7. The van der Waals surface area contributed by atoms with Crippen molar-refractivity contribution < 1.29 is 5.11 Å². The predicted octanol–water partition coefficient (Wildman–Crippen LogP) is 8.23. The number of para-hydroxylation sites is 2. The number of hydrazone groups is 1. The van der Waals surface area contributed by atoms with Crippen LogP contribution in [-0.4, -0.2) is 26.3 Å². The topological polar surface area (TPSA) is 132 Å². The van der Waals surface area contributed by atoms with E-state index >= 15 is 0 Å². The van der Waals surface area contributed by atoms with Gasteiger partial charge in [-0.15, -0.1) is 5.11 Å². The molecule has 0 atom stereocenters. The van der Waals surface area contributed by atoms with E-state index in [1.807, 2.05) is 60.7 Å². The lowest BCUT2D eigenvalue weighted by Crippen LogP contribution is -2.07. The van der Waals surface area contributed by atoms with Crippen molar-refractivity contribution in [2.24, 2.45) is 15.3 Å². The molecular formula is C28H21Cl2N9O. The summed E-state index contributed by atoms with van der Waals surface area (Å²) in [7, 11) is 0. The van der Waals surface area contributed by atoms with Crippen LogP contribution in [0.2, 0.25) is 10.0 Å². The first-order chi connectivity index (χ1) is 19.5. The molecule has 12 heteroatoms. The number of benzene rings is 4. The summed E-state index contributed by atoms with van der Waals surface area (Å²) in [5, 5.41) is 30.1. The summed E-state index contributed by atoms with van der Waals surface area (Å²) in [5.41, 5.74) is 5.75. The van der Waals surface area contributed by atoms with Crippen molar-refractivity contribution in [2.75, 3.05) is 16.1 Å². The monoisotopic (exact) mass is 569 g/mol. The van der Waals surface area contributed by atoms with Crippen LogP contribution in [0.5, 0.6) is 5.75 Å². The third-order valence-electron chi connectivity index (χ3n) is 5.26. The van der Waals surface area contributed by atoms with Crippen LogP contribution in [0.25, 0.3) is 0 Å². The molecule has 0 aliphatic carbocycles. The molecule has 10 nitrogen and oxygen atoms in total. The summed E-state index contributed by atoms with van der Waals surface area (Å²) in [4.78, 5) is 13.3. The Morgan fingerprint density at radius 1 is 0.675 bits per heavy atom. The standard InChI is InChI=1S/C28H21Cl2N9O/c29-19-11-13-24(23(30)16-19)38-37-22-12-14-25(40)18(15-22)17-31-39-28-35-26(32-20-7-3-1-4-8-20)34-27(36-28)33-21-9-5-2-6-10-21/h1-17,40H,(H3,32,33,34,35,36,39). The molecule has 0 amide bonds. The summed E-state index contributed by atoms with van der Waals surface area (Å²) in [6.07, 6.45) is 1.42. The fraction of sp³-hybridized carbons (Fsp3) is 0. The highest BCUT2D eigenvalue weighted by molar-refractivity contribution is 6.36. The summed E-state index contributed by atoms with van der Waals surface area (Å²) >= 11 is 12.1. The largest absolute Gasteiger partial charge is 0.507 e. The Hall–Kier alpha value is -5.06. The number of aromatic nitrogens is 3. The zero-order valence-corrected chi connectivity index (χ0v) is 22.2. The number of hydrogen-bond acceptors (Lipinski definition) is 10. The molecule has 0 fully saturated rings. The van der Waals surface area contributed by atoms with Gasteiger partial charge in [-0.25, -0.2) is 5.43 Å². The maximum absolute atomic E-state index is 10.3. The molecule has 5 rings (SSSR count). The molecule has 0 aliphatic rings. The number of anilines is 5. The highest BCUT2D eigenvalue weighted by Crippen LogP contribution is 2.30. The first-order valence-corrected chi connectivity index (χ1v) is 12.7. The van der Waals surface area contributed by atoms with Crippen molar-refractivity contribution in [3.05, 3.63) is 113 Å². The number of phenols is 1. The number of hydrogen-bond donors (Lipinski definition) is 4. The van der Waals surface area contributed by atoms with Gasteiger partial charge in [0.2, 0.25) is 17.8 Å². The first-order valence-electron chi connectivity index (χ1n) is 11.9. The highest BCUT2D eigenvalue weighted by atomic mass is 35.5. The summed E-state index contributed by atoms with van der Waals surface area (Å²) in [5.74, 6) is 0.797. The van der Waals surface area contributed by atoms with E-state index in [1.165, 1.54) is 12.3 Å². The average molecular weight is 570 g/mol. The molecule has 4 N–H and O–H groups in total. The molecule has 0 saturated heterocycles. The second-order valence-electron chi connectivity index (χ2n) is 8.20. The Bertz CT molecular complexity index is 1610. The van der Waals surface area contributed by atoms with Crippen LogP contribution in [0, 0.1) is 0 Å². The minimum Gasteiger partial charge on any atom is -0.507 e. The number of nitrogens with one attached hydrogen (secondary N) is 3. The Morgan fingerprint density at radius 3 is 1.93 bits per heavy atom. The van der Waals surface area contributed by atoms with Gasteiger partial charge in [0.25, 0.3) is 0 Å². The van der Waals surface area contributed by atoms with Gasteiger partial charge in [-0.2, -0.15) is 25.2 Å².